The fraction of sp³-hybridized carbons (Fsp3) is 0.750. The smallest absolute Gasteiger partial charge is 0.218 e. The first kappa shape index (κ1) is 16.0. The van der Waals surface area contributed by atoms with Crippen LogP contribution in [0, 0.1) is 0 Å². The van der Waals surface area contributed by atoms with Crippen molar-refractivity contribution in [3.05, 3.63) is 11.9 Å². The highest BCUT2D eigenvalue weighted by Gasteiger charge is 2.22. The second kappa shape index (κ2) is 8.82. The second-order valence-corrected chi connectivity index (χ2v) is 5.43. The number of hydrogen-bond donors (Lipinski definition) is 1. The molecule has 118 valence electrons. The van der Waals surface area contributed by atoms with Crippen molar-refractivity contribution in [3.63, 3.8) is 0 Å². The predicted molar refractivity (Wildman–Crippen MR) is 83.8 cm³/mol. The van der Waals surface area contributed by atoms with Crippen LogP contribution in [0.25, 0.3) is 0 Å². The molecule has 2 rings (SSSR count). The van der Waals surface area contributed by atoms with E-state index in [9.17, 15) is 0 Å². The third kappa shape index (κ3) is 5.16. The Morgan fingerprint density at radius 3 is 2.90 bits per heavy atom. The van der Waals surface area contributed by atoms with Gasteiger partial charge in [-0.05, 0) is 25.7 Å². The predicted octanol–water partition coefficient (Wildman–Crippen LogP) is 3.72. The fourth-order valence-electron chi connectivity index (χ4n) is 2.33. The molecule has 1 aliphatic rings. The van der Waals surface area contributed by atoms with E-state index >= 15 is 0 Å². The molecule has 0 aromatic carbocycles. The Bertz CT molecular complexity index is 420. The minimum absolute atomic E-state index is 0.0198. The van der Waals surface area contributed by atoms with E-state index in [-0.39, 0.29) is 6.10 Å². The van der Waals surface area contributed by atoms with Gasteiger partial charge in [-0.3, -0.25) is 0 Å². The molecule has 1 aliphatic heterocycles. The van der Waals surface area contributed by atoms with E-state index in [1.54, 1.807) is 0 Å². The maximum atomic E-state index is 5.69. The molecule has 1 aromatic heterocycles. The number of nitrogens with zero attached hydrogens (tertiary/aromatic N) is 2. The molecule has 5 nitrogen and oxygen atoms in total. The molecule has 0 bridgehead atoms. The topological polar surface area (TPSA) is 56.3 Å². The normalized spacial score (nSPS) is 17.9. The largest absolute Gasteiger partial charge is 0.478 e. The summed E-state index contributed by atoms with van der Waals surface area (Å²) >= 11 is 0. The maximum absolute atomic E-state index is 5.69. The number of hydrogen-bond acceptors (Lipinski definition) is 5. The molecule has 0 saturated carbocycles. The summed E-state index contributed by atoms with van der Waals surface area (Å²) in [4.78, 5) is 9.09. The third-order valence-corrected chi connectivity index (χ3v) is 3.48. The zero-order chi connectivity index (χ0) is 14.9. The Morgan fingerprint density at radius 1 is 1.29 bits per heavy atom. The number of aromatic nitrogens is 2. The van der Waals surface area contributed by atoms with Crippen LogP contribution in [0.1, 0.15) is 64.3 Å². The van der Waals surface area contributed by atoms with Crippen molar-refractivity contribution in [2.24, 2.45) is 0 Å². The lowest BCUT2D eigenvalue weighted by molar-refractivity contribution is 0.104. The number of unbranched alkanes of at least 4 members (excludes halogenated alkanes) is 2. The average molecular weight is 293 g/mol. The summed E-state index contributed by atoms with van der Waals surface area (Å²) in [6.07, 6.45) is 6.67. The number of nitrogens with one attached hydrogen (secondary N) is 1. The first-order chi connectivity index (χ1) is 10.3. The van der Waals surface area contributed by atoms with E-state index in [0.29, 0.717) is 12.5 Å². The summed E-state index contributed by atoms with van der Waals surface area (Å²) in [7, 11) is 0. The lowest BCUT2D eigenvalue weighted by Crippen LogP contribution is -2.10. The van der Waals surface area contributed by atoms with Gasteiger partial charge in [0.05, 0.1) is 6.61 Å². The first-order valence-corrected chi connectivity index (χ1v) is 8.20. The van der Waals surface area contributed by atoms with Gasteiger partial charge >= 0.3 is 0 Å². The van der Waals surface area contributed by atoms with Crippen LogP contribution in [-0.2, 0) is 4.74 Å². The van der Waals surface area contributed by atoms with Crippen LogP contribution in [0.4, 0.5) is 5.82 Å². The van der Waals surface area contributed by atoms with Gasteiger partial charge in [0, 0.05) is 19.2 Å². The molecule has 1 saturated heterocycles. The van der Waals surface area contributed by atoms with Crippen molar-refractivity contribution < 1.29 is 9.47 Å². The monoisotopic (exact) mass is 293 g/mol. The summed E-state index contributed by atoms with van der Waals surface area (Å²) in [5.74, 6) is 2.24. The zero-order valence-electron chi connectivity index (χ0n) is 13.2. The first-order valence-electron chi connectivity index (χ1n) is 8.20. The van der Waals surface area contributed by atoms with Crippen molar-refractivity contribution in [1.29, 1.82) is 0 Å². The van der Waals surface area contributed by atoms with Crippen LogP contribution in [0.15, 0.2) is 6.07 Å². The molecular weight excluding hydrogens is 266 g/mol. The molecule has 0 radical (unpaired) electrons. The van der Waals surface area contributed by atoms with Crippen LogP contribution in [0.2, 0.25) is 0 Å². The number of anilines is 1. The van der Waals surface area contributed by atoms with E-state index in [1.807, 2.05) is 6.07 Å². The molecule has 1 unspecified atom stereocenters. The third-order valence-electron chi connectivity index (χ3n) is 3.48. The van der Waals surface area contributed by atoms with Crippen LogP contribution in [0.5, 0.6) is 5.88 Å². The van der Waals surface area contributed by atoms with Gasteiger partial charge < -0.3 is 14.8 Å². The number of ether oxygens (including phenoxy) is 2. The van der Waals surface area contributed by atoms with E-state index < -0.39 is 0 Å². The fourth-order valence-corrected chi connectivity index (χ4v) is 2.33. The van der Waals surface area contributed by atoms with Crippen molar-refractivity contribution in [2.75, 3.05) is 25.1 Å². The summed E-state index contributed by atoms with van der Waals surface area (Å²) in [5, 5.41) is 3.37. The van der Waals surface area contributed by atoms with Crippen LogP contribution < -0.4 is 10.1 Å². The molecule has 1 N–H and O–H groups in total. The van der Waals surface area contributed by atoms with E-state index in [2.05, 4.69) is 29.1 Å². The molecule has 1 aromatic rings. The second-order valence-electron chi connectivity index (χ2n) is 5.43. The minimum Gasteiger partial charge on any atom is -0.478 e. The van der Waals surface area contributed by atoms with Crippen molar-refractivity contribution >= 4 is 5.82 Å². The minimum atomic E-state index is 0.0198. The highest BCUT2D eigenvalue weighted by Crippen LogP contribution is 2.28. The van der Waals surface area contributed by atoms with Crippen LogP contribution >= 0.6 is 0 Å². The summed E-state index contributed by atoms with van der Waals surface area (Å²) in [5.41, 5.74) is 0. The maximum Gasteiger partial charge on any atom is 0.218 e. The quantitative estimate of drug-likeness (QED) is 0.703. The molecule has 5 heteroatoms. The van der Waals surface area contributed by atoms with Crippen molar-refractivity contribution in [1.82, 2.24) is 9.97 Å². The molecule has 21 heavy (non-hydrogen) atoms. The van der Waals surface area contributed by atoms with E-state index in [1.165, 1.54) is 12.8 Å². The summed E-state index contributed by atoms with van der Waals surface area (Å²) < 4.78 is 11.4. The molecule has 2 heterocycles. The molecule has 0 amide bonds. The Balaban J connectivity index is 2.04. The number of rotatable bonds is 9. The molecular formula is C16H27N3O2. The van der Waals surface area contributed by atoms with E-state index in [4.69, 9.17) is 9.47 Å². The van der Waals surface area contributed by atoms with Gasteiger partial charge in [0.15, 0.2) is 5.82 Å². The Kier molecular flexibility index (Phi) is 6.73. The molecule has 0 aliphatic carbocycles. The highest BCUT2D eigenvalue weighted by molar-refractivity contribution is 5.38. The van der Waals surface area contributed by atoms with Crippen LogP contribution in [-0.4, -0.2) is 29.7 Å². The van der Waals surface area contributed by atoms with Crippen LogP contribution in [0.3, 0.4) is 0 Å². The van der Waals surface area contributed by atoms with Gasteiger partial charge in [0.1, 0.15) is 11.9 Å². The molecule has 0 spiro atoms. The SMILES string of the molecule is CCCCCNc1cc(OCCC)nc(C2CCCO2)n1. The Labute approximate surface area is 127 Å². The van der Waals surface area contributed by atoms with Gasteiger partial charge in [-0.25, -0.2) is 4.98 Å². The van der Waals surface area contributed by atoms with Gasteiger partial charge in [-0.1, -0.05) is 26.7 Å². The van der Waals surface area contributed by atoms with Gasteiger partial charge in [-0.15, -0.1) is 0 Å². The average Bonchev–Trinajstić information content (AvgIpc) is 3.04. The van der Waals surface area contributed by atoms with Gasteiger partial charge in [0.25, 0.3) is 0 Å². The van der Waals surface area contributed by atoms with Crippen molar-refractivity contribution in [3.8, 4) is 5.88 Å². The Hall–Kier alpha value is -1.36. The highest BCUT2D eigenvalue weighted by atomic mass is 16.5. The summed E-state index contributed by atoms with van der Waals surface area (Å²) in [6.45, 7) is 6.70. The Morgan fingerprint density at radius 2 is 2.19 bits per heavy atom. The van der Waals surface area contributed by atoms with Gasteiger partial charge in [0.2, 0.25) is 5.88 Å². The lowest BCUT2D eigenvalue weighted by Gasteiger charge is -2.13. The zero-order valence-corrected chi connectivity index (χ0v) is 13.2. The standard InChI is InChI=1S/C16H27N3O2/c1-3-5-6-9-17-14-12-15(21-10-4-2)19-16(18-14)13-8-7-11-20-13/h12-13H,3-11H2,1-2H3,(H,17,18,19). The summed E-state index contributed by atoms with van der Waals surface area (Å²) in [6, 6.07) is 1.89. The molecule has 1 fully saturated rings. The lowest BCUT2D eigenvalue weighted by atomic mass is 10.2. The van der Waals surface area contributed by atoms with Crippen molar-refractivity contribution in [2.45, 2.75) is 58.5 Å². The van der Waals surface area contributed by atoms with E-state index in [0.717, 1.165) is 50.5 Å². The molecule has 1 atom stereocenters. The van der Waals surface area contributed by atoms with Gasteiger partial charge in [-0.2, -0.15) is 4.98 Å².